The second-order valence-electron chi connectivity index (χ2n) is 5.48. The molecular formula is C18H15ClN2O3. The van der Waals surface area contributed by atoms with Crippen LogP contribution in [0.3, 0.4) is 0 Å². The quantitative estimate of drug-likeness (QED) is 0.869. The predicted octanol–water partition coefficient (Wildman–Crippen LogP) is 2.92. The van der Waals surface area contributed by atoms with E-state index in [4.69, 9.17) is 11.6 Å². The van der Waals surface area contributed by atoms with Crippen LogP contribution in [-0.4, -0.2) is 17.7 Å². The van der Waals surface area contributed by atoms with Crippen LogP contribution in [0.25, 0.3) is 0 Å². The lowest BCUT2D eigenvalue weighted by Gasteiger charge is -2.14. The van der Waals surface area contributed by atoms with Gasteiger partial charge in [0.1, 0.15) is 0 Å². The van der Waals surface area contributed by atoms with E-state index in [0.29, 0.717) is 22.8 Å². The average molecular weight is 343 g/mol. The highest BCUT2D eigenvalue weighted by Crippen LogP contribution is 2.22. The number of anilines is 1. The van der Waals surface area contributed by atoms with E-state index in [1.165, 1.54) is 0 Å². The Balaban J connectivity index is 1.64. The molecule has 0 bridgehead atoms. The number of imide groups is 1. The van der Waals surface area contributed by atoms with Crippen LogP contribution < -0.4 is 10.2 Å². The zero-order chi connectivity index (χ0) is 17.1. The molecule has 0 radical (unpaired) electrons. The second kappa shape index (κ2) is 6.84. The van der Waals surface area contributed by atoms with E-state index in [0.717, 1.165) is 10.5 Å². The van der Waals surface area contributed by atoms with Crippen LogP contribution >= 0.6 is 11.6 Å². The molecule has 5 nitrogen and oxygen atoms in total. The summed E-state index contributed by atoms with van der Waals surface area (Å²) >= 11 is 5.82. The van der Waals surface area contributed by atoms with Crippen LogP contribution in [-0.2, 0) is 16.1 Å². The minimum Gasteiger partial charge on any atom is -0.348 e. The number of nitrogens with one attached hydrogen (secondary N) is 1. The number of amides is 3. The monoisotopic (exact) mass is 342 g/mol. The maximum absolute atomic E-state index is 12.2. The molecule has 0 atom stereocenters. The van der Waals surface area contributed by atoms with Crippen molar-refractivity contribution in [2.45, 2.75) is 19.4 Å². The van der Waals surface area contributed by atoms with Gasteiger partial charge in [-0.1, -0.05) is 23.7 Å². The number of hydrogen-bond donors (Lipinski definition) is 1. The summed E-state index contributed by atoms with van der Waals surface area (Å²) in [6.45, 7) is 0.390. The average Bonchev–Trinajstić information content (AvgIpc) is 2.93. The normalized spacial score (nSPS) is 14.1. The Morgan fingerprint density at radius 1 is 0.958 bits per heavy atom. The molecule has 0 aromatic heterocycles. The van der Waals surface area contributed by atoms with E-state index in [9.17, 15) is 14.4 Å². The van der Waals surface area contributed by atoms with Crippen molar-refractivity contribution in [3.63, 3.8) is 0 Å². The summed E-state index contributed by atoms with van der Waals surface area (Å²) in [5.74, 6) is -0.643. The fraction of sp³-hybridized carbons (Fsp3) is 0.167. The van der Waals surface area contributed by atoms with Gasteiger partial charge >= 0.3 is 0 Å². The first-order valence-corrected chi connectivity index (χ1v) is 7.91. The molecule has 0 spiro atoms. The number of benzene rings is 2. The molecule has 1 saturated heterocycles. The van der Waals surface area contributed by atoms with Crippen molar-refractivity contribution < 1.29 is 14.4 Å². The predicted molar refractivity (Wildman–Crippen MR) is 90.8 cm³/mol. The summed E-state index contributed by atoms with van der Waals surface area (Å²) in [5.41, 5.74) is 1.90. The van der Waals surface area contributed by atoms with Crippen molar-refractivity contribution in [2.24, 2.45) is 0 Å². The molecule has 2 aromatic rings. The molecule has 24 heavy (non-hydrogen) atoms. The van der Waals surface area contributed by atoms with Crippen LogP contribution in [0.15, 0.2) is 48.5 Å². The summed E-state index contributed by atoms with van der Waals surface area (Å²) < 4.78 is 0. The van der Waals surface area contributed by atoms with Crippen molar-refractivity contribution in [1.82, 2.24) is 5.32 Å². The highest BCUT2D eigenvalue weighted by molar-refractivity contribution is 6.30. The van der Waals surface area contributed by atoms with Crippen LogP contribution in [0.4, 0.5) is 5.69 Å². The smallest absolute Gasteiger partial charge is 0.251 e. The zero-order valence-corrected chi connectivity index (χ0v) is 13.5. The molecule has 3 rings (SSSR count). The van der Waals surface area contributed by atoms with Gasteiger partial charge in [-0.2, -0.15) is 0 Å². The topological polar surface area (TPSA) is 66.5 Å². The van der Waals surface area contributed by atoms with E-state index in [-0.39, 0.29) is 30.6 Å². The van der Waals surface area contributed by atoms with Gasteiger partial charge < -0.3 is 5.32 Å². The zero-order valence-electron chi connectivity index (χ0n) is 12.8. The number of rotatable bonds is 4. The van der Waals surface area contributed by atoms with Crippen molar-refractivity contribution in [3.05, 3.63) is 64.7 Å². The Bertz CT molecular complexity index is 769. The van der Waals surface area contributed by atoms with Crippen LogP contribution in [0, 0.1) is 0 Å². The van der Waals surface area contributed by atoms with Gasteiger partial charge in [0, 0.05) is 30.0 Å². The number of halogens is 1. The fourth-order valence-electron chi connectivity index (χ4n) is 2.51. The molecule has 2 aromatic carbocycles. The van der Waals surface area contributed by atoms with Crippen molar-refractivity contribution in [2.75, 3.05) is 4.90 Å². The third-order valence-electron chi connectivity index (χ3n) is 3.81. The molecule has 0 unspecified atom stereocenters. The van der Waals surface area contributed by atoms with E-state index < -0.39 is 0 Å². The summed E-state index contributed by atoms with van der Waals surface area (Å²) in [5, 5.41) is 3.46. The molecule has 1 aliphatic rings. The Kier molecular flexibility index (Phi) is 4.62. The van der Waals surface area contributed by atoms with Crippen LogP contribution in [0.5, 0.6) is 0 Å². The third-order valence-corrected chi connectivity index (χ3v) is 4.06. The Morgan fingerprint density at radius 2 is 1.54 bits per heavy atom. The standard InChI is InChI=1S/C18H15ClN2O3/c19-14-5-1-12(2-6-14)11-20-18(24)13-3-7-15(8-4-13)21-16(22)9-10-17(21)23/h1-8H,9-11H2,(H,20,24). The SMILES string of the molecule is O=C(NCc1ccc(Cl)cc1)c1ccc(N2C(=O)CCC2=O)cc1. The van der Waals surface area contributed by atoms with E-state index >= 15 is 0 Å². The molecule has 122 valence electrons. The highest BCUT2D eigenvalue weighted by Gasteiger charge is 2.30. The summed E-state index contributed by atoms with van der Waals surface area (Å²) in [7, 11) is 0. The molecule has 1 N–H and O–H groups in total. The number of carbonyl (C=O) groups is 3. The molecule has 0 saturated carbocycles. The van der Waals surface area contributed by atoms with Gasteiger partial charge in [0.25, 0.3) is 5.91 Å². The molecule has 1 fully saturated rings. The van der Waals surface area contributed by atoms with Crippen molar-refractivity contribution in [1.29, 1.82) is 0 Å². The molecule has 1 aliphatic heterocycles. The van der Waals surface area contributed by atoms with Gasteiger partial charge in [-0.25, -0.2) is 0 Å². The lowest BCUT2D eigenvalue weighted by Crippen LogP contribution is -2.28. The van der Waals surface area contributed by atoms with Gasteiger partial charge in [0.05, 0.1) is 5.69 Å². The largest absolute Gasteiger partial charge is 0.348 e. The first-order valence-electron chi connectivity index (χ1n) is 7.53. The fourth-order valence-corrected chi connectivity index (χ4v) is 2.64. The number of nitrogens with zero attached hydrogens (tertiary/aromatic N) is 1. The van der Waals surface area contributed by atoms with Gasteiger partial charge in [-0.3, -0.25) is 19.3 Å². The summed E-state index contributed by atoms with van der Waals surface area (Å²) in [6.07, 6.45) is 0.477. The van der Waals surface area contributed by atoms with Gasteiger partial charge in [-0.05, 0) is 42.0 Å². The minimum absolute atomic E-state index is 0.208. The maximum atomic E-state index is 12.2. The summed E-state index contributed by atoms with van der Waals surface area (Å²) in [4.78, 5) is 36.7. The first-order chi connectivity index (χ1) is 11.5. The Labute approximate surface area is 144 Å². The van der Waals surface area contributed by atoms with E-state index in [2.05, 4.69) is 5.32 Å². The maximum Gasteiger partial charge on any atom is 0.251 e. The molecule has 0 aliphatic carbocycles. The number of carbonyl (C=O) groups excluding carboxylic acids is 3. The molecular weight excluding hydrogens is 328 g/mol. The summed E-state index contributed by atoms with van der Waals surface area (Å²) in [6, 6.07) is 13.6. The van der Waals surface area contributed by atoms with Crippen LogP contribution in [0.1, 0.15) is 28.8 Å². The van der Waals surface area contributed by atoms with Crippen LogP contribution in [0.2, 0.25) is 5.02 Å². The number of hydrogen-bond acceptors (Lipinski definition) is 3. The van der Waals surface area contributed by atoms with E-state index in [1.54, 1.807) is 36.4 Å². The third kappa shape index (κ3) is 3.46. The molecule has 3 amide bonds. The lowest BCUT2D eigenvalue weighted by atomic mass is 10.1. The Morgan fingerprint density at radius 3 is 2.12 bits per heavy atom. The molecule has 6 heteroatoms. The first kappa shape index (κ1) is 16.2. The van der Waals surface area contributed by atoms with Gasteiger partial charge in [0.2, 0.25) is 11.8 Å². The lowest BCUT2D eigenvalue weighted by molar-refractivity contribution is -0.121. The second-order valence-corrected chi connectivity index (χ2v) is 5.92. The molecule has 1 heterocycles. The Hall–Kier alpha value is -2.66. The van der Waals surface area contributed by atoms with Crippen molar-refractivity contribution in [3.8, 4) is 0 Å². The van der Waals surface area contributed by atoms with Gasteiger partial charge in [-0.15, -0.1) is 0 Å². The van der Waals surface area contributed by atoms with Gasteiger partial charge in [0.15, 0.2) is 0 Å². The van der Waals surface area contributed by atoms with E-state index in [1.807, 2.05) is 12.1 Å². The minimum atomic E-state index is -0.226. The highest BCUT2D eigenvalue weighted by atomic mass is 35.5. The van der Waals surface area contributed by atoms with Crippen molar-refractivity contribution >= 4 is 35.0 Å².